The second-order valence-corrected chi connectivity index (χ2v) is 11.2. The zero-order valence-corrected chi connectivity index (χ0v) is 22.3. The molecule has 1 aliphatic heterocycles. The first-order valence-corrected chi connectivity index (χ1v) is 13.4. The quantitative estimate of drug-likeness (QED) is 0.301. The first-order valence-electron chi connectivity index (χ1n) is 13.4. The standard InChI is InChI=1S/C29H32F3N5O2/c1-18-13-28(14-18,27-35-33-17-36(27)2)21-7-4-6-20(12-21)26-34-24-11-19(10-23(25(24)39-26)29(30,31)32)15-37-9-5-8-22(16-37)38-3/h4,6-7,10-12,17-18,22H,5,8-9,13-16H2,1-3H3/t18?,22-,28?/m0/s1. The monoisotopic (exact) mass is 539 g/mol. The molecule has 1 aliphatic carbocycles. The van der Waals surface area contributed by atoms with Crippen LogP contribution in [0.25, 0.3) is 22.6 Å². The minimum Gasteiger partial charge on any atom is -0.435 e. The van der Waals surface area contributed by atoms with Gasteiger partial charge in [0.1, 0.15) is 23.2 Å². The molecule has 39 heavy (non-hydrogen) atoms. The van der Waals surface area contributed by atoms with Gasteiger partial charge in [0.2, 0.25) is 5.89 Å². The molecule has 0 unspecified atom stereocenters. The number of aryl methyl sites for hydroxylation is 1. The lowest BCUT2D eigenvalue weighted by Gasteiger charge is -2.46. The van der Waals surface area contributed by atoms with Gasteiger partial charge in [-0.2, -0.15) is 13.2 Å². The molecule has 6 rings (SSSR count). The highest BCUT2D eigenvalue weighted by atomic mass is 19.4. The number of piperidine rings is 1. The molecule has 0 bridgehead atoms. The number of rotatable bonds is 6. The Morgan fingerprint density at radius 1 is 1.18 bits per heavy atom. The first kappa shape index (κ1) is 26.0. The second kappa shape index (κ2) is 9.75. The number of likely N-dealkylation sites (tertiary alicyclic amines) is 1. The predicted octanol–water partition coefficient (Wildman–Crippen LogP) is 5.97. The van der Waals surface area contributed by atoms with Crippen molar-refractivity contribution in [3.63, 3.8) is 0 Å². The second-order valence-electron chi connectivity index (χ2n) is 11.2. The Bertz CT molecular complexity index is 1490. The van der Waals surface area contributed by atoms with Crippen LogP contribution in [0.15, 0.2) is 47.1 Å². The molecule has 3 heterocycles. The van der Waals surface area contributed by atoms with Crippen LogP contribution < -0.4 is 0 Å². The SMILES string of the molecule is CO[C@H]1CCCN(Cc2cc(C(F)(F)F)c3oc(-c4cccc(C5(c6nncn6C)CC(C)C5)c4)nc3c2)C1. The van der Waals surface area contributed by atoms with Gasteiger partial charge >= 0.3 is 6.18 Å². The topological polar surface area (TPSA) is 69.2 Å². The van der Waals surface area contributed by atoms with Crippen LogP contribution in [-0.2, 0) is 29.9 Å². The molecule has 0 radical (unpaired) electrons. The third kappa shape index (κ3) is 4.74. The van der Waals surface area contributed by atoms with E-state index in [9.17, 15) is 13.2 Å². The van der Waals surface area contributed by atoms with E-state index < -0.39 is 11.7 Å². The molecule has 1 saturated carbocycles. The van der Waals surface area contributed by atoms with Crippen LogP contribution in [0.5, 0.6) is 0 Å². The van der Waals surface area contributed by atoms with E-state index in [0.717, 1.165) is 43.6 Å². The van der Waals surface area contributed by atoms with E-state index in [1.807, 2.05) is 35.9 Å². The minimum absolute atomic E-state index is 0.0963. The van der Waals surface area contributed by atoms with Crippen LogP contribution in [0.2, 0.25) is 0 Å². The van der Waals surface area contributed by atoms with Gasteiger partial charge in [0.15, 0.2) is 5.58 Å². The summed E-state index contributed by atoms with van der Waals surface area (Å²) >= 11 is 0. The van der Waals surface area contributed by atoms with Gasteiger partial charge in [-0.1, -0.05) is 19.1 Å². The number of hydrogen-bond acceptors (Lipinski definition) is 6. The molecule has 206 valence electrons. The van der Waals surface area contributed by atoms with Crippen molar-refractivity contribution < 1.29 is 22.3 Å². The highest BCUT2D eigenvalue weighted by molar-refractivity contribution is 5.81. The Kier molecular flexibility index (Phi) is 6.50. The molecule has 2 fully saturated rings. The van der Waals surface area contributed by atoms with Gasteiger partial charge in [0, 0.05) is 32.8 Å². The summed E-state index contributed by atoms with van der Waals surface area (Å²) < 4.78 is 55.8. The third-order valence-electron chi connectivity index (χ3n) is 8.25. The van der Waals surface area contributed by atoms with Crippen molar-refractivity contribution in [3.05, 3.63) is 65.2 Å². The number of oxazole rings is 1. The van der Waals surface area contributed by atoms with E-state index >= 15 is 0 Å². The molecular weight excluding hydrogens is 507 g/mol. The van der Waals surface area contributed by atoms with Crippen LogP contribution in [0.4, 0.5) is 13.2 Å². The molecule has 2 aromatic heterocycles. The van der Waals surface area contributed by atoms with Gasteiger partial charge < -0.3 is 13.7 Å². The van der Waals surface area contributed by atoms with Crippen LogP contribution in [0, 0.1) is 5.92 Å². The van der Waals surface area contributed by atoms with Gasteiger partial charge in [-0.15, -0.1) is 10.2 Å². The van der Waals surface area contributed by atoms with Crippen molar-refractivity contribution in [3.8, 4) is 11.5 Å². The van der Waals surface area contributed by atoms with Crippen LogP contribution >= 0.6 is 0 Å². The van der Waals surface area contributed by atoms with Gasteiger partial charge in [-0.05, 0) is 73.5 Å². The first-order chi connectivity index (χ1) is 18.7. The fourth-order valence-electron chi connectivity index (χ4n) is 6.47. The maximum atomic E-state index is 14.2. The summed E-state index contributed by atoms with van der Waals surface area (Å²) in [5, 5.41) is 8.49. The summed E-state index contributed by atoms with van der Waals surface area (Å²) in [6.45, 7) is 4.12. The summed E-state index contributed by atoms with van der Waals surface area (Å²) in [7, 11) is 3.61. The Morgan fingerprint density at radius 2 is 2.00 bits per heavy atom. The molecule has 7 nitrogen and oxygen atoms in total. The van der Waals surface area contributed by atoms with E-state index in [4.69, 9.17) is 9.15 Å². The number of halogens is 3. The molecule has 2 aromatic carbocycles. The zero-order chi connectivity index (χ0) is 27.4. The van der Waals surface area contributed by atoms with Crippen molar-refractivity contribution in [1.29, 1.82) is 0 Å². The Morgan fingerprint density at radius 3 is 2.69 bits per heavy atom. The minimum atomic E-state index is -4.57. The fourth-order valence-corrected chi connectivity index (χ4v) is 6.47. The van der Waals surface area contributed by atoms with E-state index in [1.54, 1.807) is 19.5 Å². The van der Waals surface area contributed by atoms with Crippen molar-refractivity contribution in [1.82, 2.24) is 24.6 Å². The maximum Gasteiger partial charge on any atom is 0.420 e. The highest BCUT2D eigenvalue weighted by Gasteiger charge is 2.48. The fraction of sp³-hybridized carbons (Fsp3) is 0.483. The van der Waals surface area contributed by atoms with Gasteiger partial charge in [-0.3, -0.25) is 4.90 Å². The number of nitrogens with zero attached hydrogens (tertiary/aromatic N) is 5. The average Bonchev–Trinajstić information content (AvgIpc) is 3.52. The summed E-state index contributed by atoms with van der Waals surface area (Å²) in [6.07, 6.45) is 0.964. The lowest BCUT2D eigenvalue weighted by Crippen LogP contribution is -2.43. The molecule has 1 saturated heterocycles. The van der Waals surface area contributed by atoms with Crippen LogP contribution in [0.3, 0.4) is 0 Å². The molecule has 2 aliphatic rings. The predicted molar refractivity (Wildman–Crippen MR) is 140 cm³/mol. The number of ether oxygens (including phenoxy) is 1. The van der Waals surface area contributed by atoms with E-state index in [0.29, 0.717) is 30.1 Å². The number of fused-ring (bicyclic) bond motifs is 1. The van der Waals surface area contributed by atoms with Crippen molar-refractivity contribution in [2.24, 2.45) is 13.0 Å². The van der Waals surface area contributed by atoms with Crippen LogP contribution in [-0.4, -0.2) is 51.0 Å². The summed E-state index contributed by atoms with van der Waals surface area (Å²) in [5.41, 5.74) is 1.11. The Labute approximate surface area is 225 Å². The van der Waals surface area contributed by atoms with Crippen molar-refractivity contribution in [2.75, 3.05) is 20.2 Å². The molecule has 0 amide bonds. The van der Waals surface area contributed by atoms with E-state index in [1.165, 1.54) is 6.07 Å². The average molecular weight is 540 g/mol. The normalized spacial score (nSPS) is 24.3. The van der Waals surface area contributed by atoms with E-state index in [2.05, 4.69) is 27.0 Å². The highest BCUT2D eigenvalue weighted by Crippen LogP contribution is 2.52. The molecule has 0 N–H and O–H groups in total. The maximum absolute atomic E-state index is 14.2. The molecule has 1 atom stereocenters. The zero-order valence-electron chi connectivity index (χ0n) is 22.3. The third-order valence-corrected chi connectivity index (χ3v) is 8.25. The molecule has 10 heteroatoms. The Hall–Kier alpha value is -3.24. The summed E-state index contributed by atoms with van der Waals surface area (Å²) in [5.74, 6) is 1.58. The van der Waals surface area contributed by atoms with Crippen LogP contribution in [0.1, 0.15) is 55.1 Å². The van der Waals surface area contributed by atoms with Gasteiger partial charge in [0.25, 0.3) is 0 Å². The number of aromatic nitrogens is 4. The lowest BCUT2D eigenvalue weighted by atomic mass is 9.58. The number of benzene rings is 2. The number of hydrogen-bond donors (Lipinski definition) is 0. The van der Waals surface area contributed by atoms with Crippen molar-refractivity contribution in [2.45, 2.75) is 56.8 Å². The lowest BCUT2D eigenvalue weighted by molar-refractivity contribution is -0.136. The molecular formula is C29H32F3N5O2. The molecule has 0 spiro atoms. The Balaban J connectivity index is 1.38. The van der Waals surface area contributed by atoms with E-state index in [-0.39, 0.29) is 28.5 Å². The largest absolute Gasteiger partial charge is 0.435 e. The van der Waals surface area contributed by atoms with Crippen molar-refractivity contribution >= 4 is 11.1 Å². The summed E-state index contributed by atoms with van der Waals surface area (Å²) in [6, 6.07) is 10.7. The number of methoxy groups -OCH3 is 1. The molecule has 4 aromatic rings. The number of alkyl halides is 3. The van der Waals surface area contributed by atoms with Gasteiger partial charge in [0.05, 0.1) is 11.5 Å². The summed E-state index contributed by atoms with van der Waals surface area (Å²) in [4.78, 5) is 6.70. The smallest absolute Gasteiger partial charge is 0.420 e. The van der Waals surface area contributed by atoms with Gasteiger partial charge in [-0.25, -0.2) is 4.98 Å².